The number of aliphatic hydroxyl groups excluding tert-OH is 1. The van der Waals surface area contributed by atoms with Gasteiger partial charge < -0.3 is 10.8 Å². The number of hydrogen-bond acceptors (Lipinski definition) is 2. The first-order valence-electron chi connectivity index (χ1n) is 4.85. The number of rotatable bonds is 4. The van der Waals surface area contributed by atoms with Crippen LogP contribution in [0.2, 0.25) is 0 Å². The van der Waals surface area contributed by atoms with Crippen molar-refractivity contribution in [2.75, 3.05) is 6.54 Å². The molecular formula is C11H16BrNO. The summed E-state index contributed by atoms with van der Waals surface area (Å²) in [5.74, 6) is 0. The minimum absolute atomic E-state index is 0.438. The third-order valence-corrected chi connectivity index (χ3v) is 2.78. The summed E-state index contributed by atoms with van der Waals surface area (Å²) in [6.45, 7) is 2.60. The van der Waals surface area contributed by atoms with E-state index in [-0.39, 0.29) is 0 Å². The molecule has 1 aromatic carbocycles. The maximum atomic E-state index is 9.86. The fourth-order valence-corrected chi connectivity index (χ4v) is 1.89. The van der Waals surface area contributed by atoms with Crippen LogP contribution in [0.5, 0.6) is 0 Å². The second kappa shape index (κ2) is 5.49. The molecule has 0 radical (unpaired) electrons. The third-order valence-electron chi connectivity index (χ3n) is 2.29. The SMILES string of the molecule is CCc1ccc(Br)cc1C(O)CCN. The van der Waals surface area contributed by atoms with Gasteiger partial charge in [0.15, 0.2) is 0 Å². The average molecular weight is 258 g/mol. The number of halogens is 1. The minimum atomic E-state index is -0.438. The van der Waals surface area contributed by atoms with Crippen LogP contribution in [-0.4, -0.2) is 11.7 Å². The molecule has 1 unspecified atom stereocenters. The molecule has 3 N–H and O–H groups in total. The average Bonchev–Trinajstić information content (AvgIpc) is 2.18. The van der Waals surface area contributed by atoms with Gasteiger partial charge in [0.1, 0.15) is 0 Å². The van der Waals surface area contributed by atoms with Crippen LogP contribution in [-0.2, 0) is 6.42 Å². The molecule has 1 atom stereocenters. The van der Waals surface area contributed by atoms with Gasteiger partial charge in [-0.15, -0.1) is 0 Å². The number of benzene rings is 1. The Morgan fingerprint density at radius 1 is 1.50 bits per heavy atom. The molecule has 0 fully saturated rings. The van der Waals surface area contributed by atoms with Crippen molar-refractivity contribution >= 4 is 15.9 Å². The number of nitrogens with two attached hydrogens (primary N) is 1. The van der Waals surface area contributed by atoms with Crippen molar-refractivity contribution in [3.05, 3.63) is 33.8 Å². The first-order chi connectivity index (χ1) is 6.69. The van der Waals surface area contributed by atoms with Crippen LogP contribution in [0.15, 0.2) is 22.7 Å². The van der Waals surface area contributed by atoms with E-state index in [0.717, 1.165) is 16.5 Å². The summed E-state index contributed by atoms with van der Waals surface area (Å²) in [7, 11) is 0. The van der Waals surface area contributed by atoms with Crippen molar-refractivity contribution < 1.29 is 5.11 Å². The van der Waals surface area contributed by atoms with Crippen LogP contribution >= 0.6 is 15.9 Å². The van der Waals surface area contributed by atoms with Crippen LogP contribution in [0.1, 0.15) is 30.6 Å². The van der Waals surface area contributed by atoms with Gasteiger partial charge in [0.25, 0.3) is 0 Å². The van der Waals surface area contributed by atoms with E-state index in [4.69, 9.17) is 5.73 Å². The van der Waals surface area contributed by atoms with E-state index in [0.29, 0.717) is 13.0 Å². The molecule has 0 aliphatic rings. The largest absolute Gasteiger partial charge is 0.388 e. The lowest BCUT2D eigenvalue weighted by atomic mass is 9.99. The zero-order valence-corrected chi connectivity index (χ0v) is 9.92. The molecule has 78 valence electrons. The van der Waals surface area contributed by atoms with Gasteiger partial charge in [-0.2, -0.15) is 0 Å². The fraction of sp³-hybridized carbons (Fsp3) is 0.455. The molecule has 0 heterocycles. The van der Waals surface area contributed by atoms with Crippen LogP contribution in [0.3, 0.4) is 0 Å². The summed E-state index contributed by atoms with van der Waals surface area (Å²) >= 11 is 3.40. The highest BCUT2D eigenvalue weighted by molar-refractivity contribution is 9.10. The first kappa shape index (κ1) is 11.7. The lowest BCUT2D eigenvalue weighted by molar-refractivity contribution is 0.169. The highest BCUT2D eigenvalue weighted by atomic mass is 79.9. The molecule has 0 spiro atoms. The van der Waals surface area contributed by atoms with E-state index in [1.165, 1.54) is 5.56 Å². The normalized spacial score (nSPS) is 12.9. The maximum absolute atomic E-state index is 9.86. The zero-order chi connectivity index (χ0) is 10.6. The molecule has 14 heavy (non-hydrogen) atoms. The first-order valence-corrected chi connectivity index (χ1v) is 5.64. The Morgan fingerprint density at radius 2 is 2.21 bits per heavy atom. The lowest BCUT2D eigenvalue weighted by Crippen LogP contribution is -2.08. The molecule has 0 amide bonds. The van der Waals surface area contributed by atoms with E-state index in [2.05, 4.69) is 22.9 Å². The van der Waals surface area contributed by atoms with Gasteiger partial charge >= 0.3 is 0 Å². The lowest BCUT2D eigenvalue weighted by Gasteiger charge is -2.14. The van der Waals surface area contributed by atoms with Gasteiger partial charge in [-0.1, -0.05) is 28.9 Å². The molecule has 0 bridgehead atoms. The van der Waals surface area contributed by atoms with Crippen molar-refractivity contribution in [2.24, 2.45) is 5.73 Å². The Bertz CT molecular complexity index is 301. The van der Waals surface area contributed by atoms with Gasteiger partial charge in [0.2, 0.25) is 0 Å². The van der Waals surface area contributed by atoms with Crippen molar-refractivity contribution in [1.82, 2.24) is 0 Å². The topological polar surface area (TPSA) is 46.2 Å². The highest BCUT2D eigenvalue weighted by Gasteiger charge is 2.10. The van der Waals surface area contributed by atoms with Crippen molar-refractivity contribution in [3.8, 4) is 0 Å². The van der Waals surface area contributed by atoms with E-state index in [9.17, 15) is 5.11 Å². The van der Waals surface area contributed by atoms with Crippen molar-refractivity contribution in [1.29, 1.82) is 0 Å². The molecule has 2 nitrogen and oxygen atoms in total. The molecule has 3 heteroatoms. The van der Waals surface area contributed by atoms with Gasteiger partial charge in [0, 0.05) is 4.47 Å². The fourth-order valence-electron chi connectivity index (χ4n) is 1.51. The molecular weight excluding hydrogens is 242 g/mol. The molecule has 0 aliphatic carbocycles. The highest BCUT2D eigenvalue weighted by Crippen LogP contribution is 2.24. The summed E-state index contributed by atoms with van der Waals surface area (Å²) in [5.41, 5.74) is 7.61. The number of hydrogen-bond donors (Lipinski definition) is 2. The molecule has 0 saturated heterocycles. The molecule has 0 saturated carbocycles. The minimum Gasteiger partial charge on any atom is -0.388 e. The van der Waals surface area contributed by atoms with Crippen LogP contribution < -0.4 is 5.73 Å². The van der Waals surface area contributed by atoms with Crippen LogP contribution in [0, 0.1) is 0 Å². The van der Waals surface area contributed by atoms with Gasteiger partial charge in [-0.3, -0.25) is 0 Å². The van der Waals surface area contributed by atoms with E-state index >= 15 is 0 Å². The molecule has 0 aliphatic heterocycles. The summed E-state index contributed by atoms with van der Waals surface area (Å²) in [4.78, 5) is 0. The zero-order valence-electron chi connectivity index (χ0n) is 8.33. The van der Waals surface area contributed by atoms with Crippen LogP contribution in [0.25, 0.3) is 0 Å². The summed E-state index contributed by atoms with van der Waals surface area (Å²) in [5, 5.41) is 9.86. The molecule has 1 rings (SSSR count). The maximum Gasteiger partial charge on any atom is 0.0805 e. The Balaban J connectivity index is 2.97. The molecule has 0 aromatic heterocycles. The second-order valence-electron chi connectivity index (χ2n) is 3.29. The predicted molar refractivity (Wildman–Crippen MR) is 62.2 cm³/mol. The summed E-state index contributed by atoms with van der Waals surface area (Å²) < 4.78 is 1.00. The Hall–Kier alpha value is -0.380. The monoisotopic (exact) mass is 257 g/mol. The van der Waals surface area contributed by atoms with Gasteiger partial charge in [-0.05, 0) is 42.6 Å². The predicted octanol–water partition coefficient (Wildman–Crippen LogP) is 2.39. The number of aliphatic hydroxyl groups is 1. The van der Waals surface area contributed by atoms with E-state index in [1.807, 2.05) is 18.2 Å². The Labute approximate surface area is 93.3 Å². The Morgan fingerprint density at radius 3 is 2.79 bits per heavy atom. The van der Waals surface area contributed by atoms with Crippen LogP contribution in [0.4, 0.5) is 0 Å². The summed E-state index contributed by atoms with van der Waals surface area (Å²) in [6, 6.07) is 6.01. The number of aryl methyl sites for hydroxylation is 1. The summed E-state index contributed by atoms with van der Waals surface area (Å²) in [6.07, 6.45) is 1.11. The quantitative estimate of drug-likeness (QED) is 0.871. The standard InChI is InChI=1S/C11H16BrNO/c1-2-8-3-4-9(12)7-10(8)11(14)5-6-13/h3-4,7,11,14H,2,5-6,13H2,1H3. The van der Waals surface area contributed by atoms with Gasteiger partial charge in [-0.25, -0.2) is 0 Å². The van der Waals surface area contributed by atoms with Crippen molar-refractivity contribution in [3.63, 3.8) is 0 Å². The third kappa shape index (κ3) is 2.80. The van der Waals surface area contributed by atoms with E-state index < -0.39 is 6.10 Å². The smallest absolute Gasteiger partial charge is 0.0805 e. The van der Waals surface area contributed by atoms with Gasteiger partial charge in [0.05, 0.1) is 6.10 Å². The Kier molecular flexibility index (Phi) is 4.58. The van der Waals surface area contributed by atoms with E-state index in [1.54, 1.807) is 0 Å². The second-order valence-corrected chi connectivity index (χ2v) is 4.21. The molecule has 1 aromatic rings. The van der Waals surface area contributed by atoms with Crippen molar-refractivity contribution in [2.45, 2.75) is 25.9 Å².